The molecule has 78 valence electrons. The van der Waals surface area contributed by atoms with Gasteiger partial charge in [-0.2, -0.15) is 0 Å². The van der Waals surface area contributed by atoms with Gasteiger partial charge in [-0.1, -0.05) is 11.6 Å². The molecule has 0 aliphatic carbocycles. The minimum Gasteiger partial charge on any atom is -0.465 e. The first-order chi connectivity index (χ1) is 7.13. The monoisotopic (exact) mass is 225 g/mol. The van der Waals surface area contributed by atoms with Gasteiger partial charge in [0.25, 0.3) is 5.91 Å². The third-order valence-corrected chi connectivity index (χ3v) is 2.51. The average molecular weight is 226 g/mol. The Hall–Kier alpha value is -1.55. The molecule has 1 heterocycles. The molecule has 4 nitrogen and oxygen atoms in total. The van der Waals surface area contributed by atoms with Gasteiger partial charge in [0.1, 0.15) is 0 Å². The summed E-state index contributed by atoms with van der Waals surface area (Å²) in [5, 5.41) is 2.98. The molecule has 1 aliphatic heterocycles. The summed E-state index contributed by atoms with van der Waals surface area (Å²) in [6.45, 7) is 0.343. The molecule has 0 aromatic heterocycles. The molecule has 0 saturated heterocycles. The molecule has 0 radical (unpaired) electrons. The number of carbonyl (C=O) groups is 2. The van der Waals surface area contributed by atoms with E-state index in [4.69, 9.17) is 11.6 Å². The number of fused-ring (bicyclic) bond motifs is 1. The van der Waals surface area contributed by atoms with E-state index in [1.165, 1.54) is 13.2 Å². The minimum atomic E-state index is -0.481. The number of halogens is 1. The fourth-order valence-electron chi connectivity index (χ4n) is 1.59. The van der Waals surface area contributed by atoms with Crippen LogP contribution in [-0.4, -0.2) is 19.0 Å². The summed E-state index contributed by atoms with van der Waals surface area (Å²) in [5.74, 6) is -0.692. The van der Waals surface area contributed by atoms with Gasteiger partial charge in [-0.15, -0.1) is 0 Å². The summed E-state index contributed by atoms with van der Waals surface area (Å²) < 4.78 is 4.62. The summed E-state index contributed by atoms with van der Waals surface area (Å²) in [6, 6.07) is 3.05. The van der Waals surface area contributed by atoms with Crippen LogP contribution in [0, 0.1) is 0 Å². The molecule has 5 heteroatoms. The van der Waals surface area contributed by atoms with E-state index in [-0.39, 0.29) is 5.91 Å². The van der Waals surface area contributed by atoms with E-state index in [0.29, 0.717) is 28.3 Å². The number of methoxy groups -OCH3 is 1. The quantitative estimate of drug-likeness (QED) is 0.735. The zero-order valence-corrected chi connectivity index (χ0v) is 8.72. The van der Waals surface area contributed by atoms with Gasteiger partial charge in [0.2, 0.25) is 0 Å². The summed E-state index contributed by atoms with van der Waals surface area (Å²) in [4.78, 5) is 22.8. The maximum absolute atomic E-state index is 11.4. The second-order valence-corrected chi connectivity index (χ2v) is 3.59. The van der Waals surface area contributed by atoms with Gasteiger partial charge in [-0.05, 0) is 17.7 Å². The van der Waals surface area contributed by atoms with E-state index in [2.05, 4.69) is 10.1 Å². The average Bonchev–Trinajstić information content (AvgIpc) is 2.58. The van der Waals surface area contributed by atoms with Crippen LogP contribution in [0.15, 0.2) is 12.1 Å². The molecule has 0 fully saturated rings. The van der Waals surface area contributed by atoms with Crippen molar-refractivity contribution in [2.45, 2.75) is 6.54 Å². The second kappa shape index (κ2) is 3.55. The lowest BCUT2D eigenvalue weighted by Gasteiger charge is -2.05. The predicted octanol–water partition coefficient (Wildman–Crippen LogP) is 1.37. The standard InChI is InChI=1S/C10H8ClNO3/c1-15-10(14)7-3-5(11)2-6-8(7)4-12-9(6)13/h2-3H,4H2,1H3,(H,12,13). The molecule has 1 aliphatic rings. The lowest BCUT2D eigenvalue weighted by atomic mass is 10.0. The highest BCUT2D eigenvalue weighted by Crippen LogP contribution is 2.25. The highest BCUT2D eigenvalue weighted by Gasteiger charge is 2.25. The number of hydrogen-bond donors (Lipinski definition) is 1. The van der Waals surface area contributed by atoms with Gasteiger partial charge >= 0.3 is 5.97 Å². The van der Waals surface area contributed by atoms with Gasteiger partial charge < -0.3 is 10.1 Å². The predicted molar refractivity (Wildman–Crippen MR) is 54.0 cm³/mol. The molecule has 0 saturated carbocycles. The molecule has 0 bridgehead atoms. The molecular weight excluding hydrogens is 218 g/mol. The van der Waals surface area contributed by atoms with Crippen molar-refractivity contribution in [2.75, 3.05) is 7.11 Å². The van der Waals surface area contributed by atoms with Crippen molar-refractivity contribution < 1.29 is 14.3 Å². The first-order valence-corrected chi connectivity index (χ1v) is 4.70. The normalized spacial score (nSPS) is 13.3. The Morgan fingerprint density at radius 2 is 2.27 bits per heavy atom. The highest BCUT2D eigenvalue weighted by molar-refractivity contribution is 6.31. The highest BCUT2D eigenvalue weighted by atomic mass is 35.5. The van der Waals surface area contributed by atoms with Gasteiger partial charge in [0.15, 0.2) is 0 Å². The summed E-state index contributed by atoms with van der Waals surface area (Å²) in [5.41, 5.74) is 1.44. The number of rotatable bonds is 1. The van der Waals surface area contributed by atoms with Crippen molar-refractivity contribution in [3.8, 4) is 0 Å². The third-order valence-electron chi connectivity index (χ3n) is 2.29. The van der Waals surface area contributed by atoms with Gasteiger partial charge in [-0.3, -0.25) is 4.79 Å². The topological polar surface area (TPSA) is 55.4 Å². The Morgan fingerprint density at radius 1 is 1.53 bits per heavy atom. The smallest absolute Gasteiger partial charge is 0.338 e. The van der Waals surface area contributed by atoms with Crippen LogP contribution < -0.4 is 5.32 Å². The van der Waals surface area contributed by atoms with E-state index in [1.807, 2.05) is 0 Å². The van der Waals surface area contributed by atoms with Crippen molar-refractivity contribution in [3.05, 3.63) is 33.8 Å². The molecule has 1 amide bonds. The molecule has 1 aromatic rings. The second-order valence-electron chi connectivity index (χ2n) is 3.15. The molecule has 1 aromatic carbocycles. The first-order valence-electron chi connectivity index (χ1n) is 4.32. The fourth-order valence-corrected chi connectivity index (χ4v) is 1.80. The van der Waals surface area contributed by atoms with E-state index >= 15 is 0 Å². The Balaban J connectivity index is 2.61. The van der Waals surface area contributed by atoms with Crippen LogP contribution in [0.25, 0.3) is 0 Å². The molecule has 0 spiro atoms. The van der Waals surface area contributed by atoms with Crippen LogP contribution in [0.5, 0.6) is 0 Å². The number of hydrogen-bond acceptors (Lipinski definition) is 3. The van der Waals surface area contributed by atoms with E-state index in [0.717, 1.165) is 0 Å². The van der Waals surface area contributed by atoms with Crippen LogP contribution in [0.3, 0.4) is 0 Å². The van der Waals surface area contributed by atoms with Crippen molar-refractivity contribution in [3.63, 3.8) is 0 Å². The Labute approximate surface area is 91.2 Å². The largest absolute Gasteiger partial charge is 0.465 e. The van der Waals surface area contributed by atoms with Crippen LogP contribution in [0.4, 0.5) is 0 Å². The van der Waals surface area contributed by atoms with Gasteiger partial charge in [0.05, 0.1) is 12.7 Å². The van der Waals surface area contributed by atoms with Crippen LogP contribution in [0.1, 0.15) is 26.3 Å². The number of carbonyl (C=O) groups excluding carboxylic acids is 2. The lowest BCUT2D eigenvalue weighted by molar-refractivity contribution is 0.0599. The van der Waals surface area contributed by atoms with Crippen LogP contribution in [0.2, 0.25) is 5.02 Å². The van der Waals surface area contributed by atoms with Gasteiger partial charge in [-0.25, -0.2) is 4.79 Å². The Kier molecular flexibility index (Phi) is 2.36. The minimum absolute atomic E-state index is 0.211. The zero-order valence-electron chi connectivity index (χ0n) is 7.96. The lowest BCUT2D eigenvalue weighted by Crippen LogP contribution is -2.12. The number of amides is 1. The van der Waals surface area contributed by atoms with Crippen molar-refractivity contribution in [1.29, 1.82) is 0 Å². The number of esters is 1. The molecule has 1 N–H and O–H groups in total. The summed E-state index contributed by atoms with van der Waals surface area (Å²) in [7, 11) is 1.29. The number of ether oxygens (including phenoxy) is 1. The number of nitrogens with one attached hydrogen (secondary N) is 1. The molecule has 0 atom stereocenters. The maximum Gasteiger partial charge on any atom is 0.338 e. The summed E-state index contributed by atoms with van der Waals surface area (Å²) in [6.07, 6.45) is 0. The van der Waals surface area contributed by atoms with Crippen LogP contribution in [-0.2, 0) is 11.3 Å². The SMILES string of the molecule is COC(=O)c1cc(Cl)cc2c1CNC2=O. The molecule has 15 heavy (non-hydrogen) atoms. The molecular formula is C10H8ClNO3. The van der Waals surface area contributed by atoms with E-state index < -0.39 is 5.97 Å². The van der Waals surface area contributed by atoms with Crippen molar-refractivity contribution in [2.24, 2.45) is 0 Å². The molecule has 0 unspecified atom stereocenters. The Bertz CT molecular complexity index is 456. The third kappa shape index (κ3) is 1.57. The van der Waals surface area contributed by atoms with Crippen molar-refractivity contribution >= 4 is 23.5 Å². The maximum atomic E-state index is 11.4. The molecule has 2 rings (SSSR count). The van der Waals surface area contributed by atoms with Gasteiger partial charge in [0, 0.05) is 17.1 Å². The number of benzene rings is 1. The van der Waals surface area contributed by atoms with Crippen LogP contribution >= 0.6 is 11.6 Å². The van der Waals surface area contributed by atoms with E-state index in [1.54, 1.807) is 6.07 Å². The first kappa shape index (κ1) is 9.98. The zero-order chi connectivity index (χ0) is 11.0. The van der Waals surface area contributed by atoms with Crippen molar-refractivity contribution in [1.82, 2.24) is 5.32 Å². The fraction of sp³-hybridized carbons (Fsp3) is 0.200. The van der Waals surface area contributed by atoms with E-state index in [9.17, 15) is 9.59 Å². The summed E-state index contributed by atoms with van der Waals surface area (Å²) >= 11 is 5.81. The Morgan fingerprint density at radius 3 is 2.93 bits per heavy atom.